The zero-order valence-electron chi connectivity index (χ0n) is 6.22. The molecule has 4 nitrogen and oxygen atoms in total. The minimum Gasteiger partial charge on any atom is -0.464 e. The largest absolute Gasteiger partial charge is 0.464 e. The van der Waals surface area contributed by atoms with Gasteiger partial charge in [-0.25, -0.2) is 4.79 Å². The fourth-order valence-electron chi connectivity index (χ4n) is 0.731. The first-order valence-electron chi connectivity index (χ1n) is 3.06. The summed E-state index contributed by atoms with van der Waals surface area (Å²) < 4.78 is 5.01. The lowest BCUT2D eigenvalue weighted by Crippen LogP contribution is -2.00. The van der Waals surface area contributed by atoms with E-state index in [0.717, 1.165) is 0 Å². The van der Waals surface area contributed by atoms with Crippen LogP contribution in [0, 0.1) is 11.3 Å². The minimum absolute atomic E-state index is 0.265. The summed E-state index contributed by atoms with van der Waals surface area (Å²) >= 11 is 3.11. The van der Waals surface area contributed by atoms with E-state index < -0.39 is 5.97 Å². The van der Waals surface area contributed by atoms with Gasteiger partial charge in [-0.15, -0.1) is 0 Å². The summed E-state index contributed by atoms with van der Waals surface area (Å²) in [7, 11) is 1.28. The molecular formula is C7H5BrN2O2. The molecule has 0 bridgehead atoms. The maximum Gasteiger partial charge on any atom is 0.354 e. The van der Waals surface area contributed by atoms with Crippen LogP contribution in [0.1, 0.15) is 16.2 Å². The van der Waals surface area contributed by atoms with Crippen molar-refractivity contribution in [3.05, 3.63) is 21.9 Å². The van der Waals surface area contributed by atoms with Crippen molar-refractivity contribution in [1.29, 1.82) is 5.26 Å². The van der Waals surface area contributed by atoms with Crippen LogP contribution in [0.25, 0.3) is 0 Å². The van der Waals surface area contributed by atoms with Gasteiger partial charge in [-0.05, 0) is 22.0 Å². The van der Waals surface area contributed by atoms with Crippen LogP contribution in [0.15, 0.2) is 10.5 Å². The second-order valence-corrected chi connectivity index (χ2v) is 2.86. The number of aromatic nitrogens is 1. The number of carbonyl (C=O) groups excluding carboxylic acids is 1. The number of aromatic amines is 1. The van der Waals surface area contributed by atoms with E-state index in [0.29, 0.717) is 10.2 Å². The summed E-state index contributed by atoms with van der Waals surface area (Å²) in [5.74, 6) is -0.489. The molecule has 0 aliphatic carbocycles. The molecule has 0 fully saturated rings. The molecule has 0 aromatic carbocycles. The highest BCUT2D eigenvalue weighted by Crippen LogP contribution is 2.17. The van der Waals surface area contributed by atoms with Gasteiger partial charge in [-0.1, -0.05) is 0 Å². The van der Waals surface area contributed by atoms with Crippen LogP contribution in [0.2, 0.25) is 0 Å². The number of ether oxygens (including phenoxy) is 1. The molecule has 0 atom stereocenters. The van der Waals surface area contributed by atoms with Crippen molar-refractivity contribution in [2.24, 2.45) is 0 Å². The molecule has 1 aromatic heterocycles. The lowest BCUT2D eigenvalue weighted by molar-refractivity contribution is 0.0595. The highest BCUT2D eigenvalue weighted by Gasteiger charge is 2.11. The molecule has 12 heavy (non-hydrogen) atoms. The van der Waals surface area contributed by atoms with Gasteiger partial charge in [0, 0.05) is 0 Å². The van der Waals surface area contributed by atoms with Crippen LogP contribution in [-0.4, -0.2) is 18.1 Å². The molecule has 0 unspecified atom stereocenters. The second kappa shape index (κ2) is 3.41. The molecule has 0 saturated heterocycles. The summed E-state index contributed by atoms with van der Waals surface area (Å²) in [4.78, 5) is 13.5. The normalized spacial score (nSPS) is 9.08. The van der Waals surface area contributed by atoms with Crippen LogP contribution >= 0.6 is 15.9 Å². The van der Waals surface area contributed by atoms with Crippen molar-refractivity contribution < 1.29 is 9.53 Å². The quantitative estimate of drug-likeness (QED) is 0.740. The number of nitriles is 1. The van der Waals surface area contributed by atoms with E-state index in [1.54, 1.807) is 0 Å². The van der Waals surface area contributed by atoms with Crippen molar-refractivity contribution in [3.63, 3.8) is 0 Å². The van der Waals surface area contributed by atoms with Gasteiger partial charge >= 0.3 is 5.97 Å². The Kier molecular flexibility index (Phi) is 2.51. The highest BCUT2D eigenvalue weighted by atomic mass is 79.9. The van der Waals surface area contributed by atoms with Crippen LogP contribution in [0.5, 0.6) is 0 Å². The van der Waals surface area contributed by atoms with Gasteiger partial charge in [0.15, 0.2) is 0 Å². The van der Waals surface area contributed by atoms with Gasteiger partial charge in [0.05, 0.1) is 11.6 Å². The number of halogens is 1. The molecule has 1 N–H and O–H groups in total. The molecule has 0 saturated carbocycles. The molecule has 1 rings (SSSR count). The summed E-state index contributed by atoms with van der Waals surface area (Å²) in [6, 6.07) is 3.39. The van der Waals surface area contributed by atoms with E-state index >= 15 is 0 Å². The summed E-state index contributed by atoms with van der Waals surface area (Å²) in [5, 5.41) is 8.52. The van der Waals surface area contributed by atoms with Gasteiger partial charge in [0.1, 0.15) is 17.5 Å². The zero-order chi connectivity index (χ0) is 9.14. The van der Waals surface area contributed by atoms with Crippen LogP contribution in [-0.2, 0) is 4.74 Å². The van der Waals surface area contributed by atoms with Crippen LogP contribution in [0.3, 0.4) is 0 Å². The number of hydrogen-bond acceptors (Lipinski definition) is 3. The number of methoxy groups -OCH3 is 1. The van der Waals surface area contributed by atoms with Crippen LogP contribution < -0.4 is 0 Å². The predicted molar refractivity (Wildman–Crippen MR) is 44.5 cm³/mol. The van der Waals surface area contributed by atoms with Crippen molar-refractivity contribution in [2.75, 3.05) is 7.11 Å². The number of nitrogens with one attached hydrogen (secondary N) is 1. The first-order valence-corrected chi connectivity index (χ1v) is 3.85. The van der Waals surface area contributed by atoms with E-state index in [9.17, 15) is 4.79 Å². The number of carbonyl (C=O) groups is 1. The topological polar surface area (TPSA) is 65.9 Å². The first-order chi connectivity index (χ1) is 5.69. The average molecular weight is 229 g/mol. The third-order valence-corrected chi connectivity index (χ3v) is 1.91. The van der Waals surface area contributed by atoms with Crippen molar-refractivity contribution in [1.82, 2.24) is 4.98 Å². The number of H-pyrrole nitrogens is 1. The Morgan fingerprint density at radius 3 is 2.92 bits per heavy atom. The monoisotopic (exact) mass is 228 g/mol. The Morgan fingerprint density at radius 1 is 1.83 bits per heavy atom. The van der Waals surface area contributed by atoms with Gasteiger partial charge in [-0.3, -0.25) is 0 Å². The number of esters is 1. The van der Waals surface area contributed by atoms with Gasteiger partial charge in [0.2, 0.25) is 0 Å². The van der Waals surface area contributed by atoms with Gasteiger partial charge in [0.25, 0.3) is 0 Å². The fraction of sp³-hybridized carbons (Fsp3) is 0.143. The van der Waals surface area contributed by atoms with Crippen molar-refractivity contribution in [2.45, 2.75) is 0 Å². The molecule has 1 heterocycles. The number of rotatable bonds is 1. The molecule has 62 valence electrons. The molecule has 5 heteroatoms. The highest BCUT2D eigenvalue weighted by molar-refractivity contribution is 9.10. The predicted octanol–water partition coefficient (Wildman–Crippen LogP) is 1.44. The van der Waals surface area contributed by atoms with Crippen molar-refractivity contribution in [3.8, 4) is 6.07 Å². The SMILES string of the molecule is COC(=O)c1cc(Br)c(C#N)[nH]1. The summed E-state index contributed by atoms with van der Waals surface area (Å²) in [5.41, 5.74) is 0.580. The Labute approximate surface area is 77.3 Å². The van der Waals surface area contributed by atoms with E-state index in [4.69, 9.17) is 5.26 Å². The summed E-state index contributed by atoms with van der Waals surface area (Å²) in [6.07, 6.45) is 0. The number of nitrogens with zero attached hydrogens (tertiary/aromatic N) is 1. The molecule has 1 aromatic rings. The second-order valence-electron chi connectivity index (χ2n) is 2.01. The third-order valence-electron chi connectivity index (χ3n) is 1.29. The number of hydrogen-bond donors (Lipinski definition) is 1. The third kappa shape index (κ3) is 1.48. The molecule has 0 aliphatic rings. The molecule has 0 radical (unpaired) electrons. The maximum atomic E-state index is 10.9. The molecule has 0 spiro atoms. The maximum absolute atomic E-state index is 10.9. The lowest BCUT2D eigenvalue weighted by Gasteiger charge is -1.91. The smallest absolute Gasteiger partial charge is 0.354 e. The van der Waals surface area contributed by atoms with Gasteiger partial charge < -0.3 is 9.72 Å². The minimum atomic E-state index is -0.489. The summed E-state index contributed by atoms with van der Waals surface area (Å²) in [6.45, 7) is 0. The molecule has 0 amide bonds. The van der Waals surface area contributed by atoms with E-state index in [-0.39, 0.29) is 5.69 Å². The molecule has 0 aliphatic heterocycles. The van der Waals surface area contributed by atoms with E-state index in [2.05, 4.69) is 25.7 Å². The Bertz CT molecular complexity index is 351. The first kappa shape index (κ1) is 8.81. The van der Waals surface area contributed by atoms with Gasteiger partial charge in [-0.2, -0.15) is 5.26 Å². The average Bonchev–Trinajstić information content (AvgIpc) is 2.45. The lowest BCUT2D eigenvalue weighted by atomic mass is 10.4. The zero-order valence-corrected chi connectivity index (χ0v) is 7.81. The fourth-order valence-corrected chi connectivity index (χ4v) is 1.15. The van der Waals surface area contributed by atoms with E-state index in [1.807, 2.05) is 6.07 Å². The van der Waals surface area contributed by atoms with Crippen molar-refractivity contribution >= 4 is 21.9 Å². The molecular weight excluding hydrogens is 224 g/mol. The van der Waals surface area contributed by atoms with Crippen LogP contribution in [0.4, 0.5) is 0 Å². The Balaban J connectivity index is 3.07. The Hall–Kier alpha value is -1.28. The Morgan fingerprint density at radius 2 is 2.50 bits per heavy atom. The van der Waals surface area contributed by atoms with E-state index in [1.165, 1.54) is 13.2 Å². The standard InChI is InChI=1S/C7H5BrN2O2/c1-12-7(11)5-2-4(8)6(3-9)10-5/h2,10H,1H3.